The topological polar surface area (TPSA) is 78.9 Å². The van der Waals surface area contributed by atoms with Crippen LogP contribution in [0, 0.1) is 5.41 Å². The van der Waals surface area contributed by atoms with E-state index >= 15 is 0 Å². The van der Waals surface area contributed by atoms with Crippen LogP contribution in [0.3, 0.4) is 0 Å². The van der Waals surface area contributed by atoms with E-state index in [0.29, 0.717) is 19.3 Å². The molecule has 0 radical (unpaired) electrons. The summed E-state index contributed by atoms with van der Waals surface area (Å²) in [6.07, 6.45) is 4.09. The Morgan fingerprint density at radius 1 is 1.24 bits per heavy atom. The first-order valence-electron chi connectivity index (χ1n) is 7.19. The molecule has 1 heterocycles. The van der Waals surface area contributed by atoms with E-state index in [1.165, 1.54) is 12.2 Å². The maximum Gasteiger partial charge on any atom is 0.326 e. The second-order valence-corrected chi connectivity index (χ2v) is 4.68. The van der Waals surface area contributed by atoms with Gasteiger partial charge in [-0.2, -0.15) is 0 Å². The zero-order valence-corrected chi connectivity index (χ0v) is 12.5. The number of esters is 2. The number of rotatable bonds is 8. The molecule has 21 heavy (non-hydrogen) atoms. The van der Waals surface area contributed by atoms with Gasteiger partial charge in [-0.25, -0.2) is 0 Å². The second-order valence-electron chi connectivity index (χ2n) is 4.68. The van der Waals surface area contributed by atoms with Gasteiger partial charge in [0.2, 0.25) is 0 Å². The highest BCUT2D eigenvalue weighted by Crippen LogP contribution is 2.38. The number of aldehydes is 1. The number of carbonyl (C=O) groups is 3. The number of hydrogen-bond donors (Lipinski definition) is 0. The molecule has 0 N–H and O–H groups in total. The molecule has 6 nitrogen and oxygen atoms in total. The maximum absolute atomic E-state index is 12.4. The number of carbonyl (C=O) groups excluding carboxylic acids is 3. The minimum atomic E-state index is -1.54. The molecule has 1 rings (SSSR count). The van der Waals surface area contributed by atoms with Crippen LogP contribution < -0.4 is 0 Å². The molecule has 1 fully saturated rings. The fourth-order valence-corrected chi connectivity index (χ4v) is 2.44. The number of ether oxygens (including phenoxy) is 3. The molecule has 1 atom stereocenters. The maximum atomic E-state index is 12.4. The lowest BCUT2D eigenvalue weighted by atomic mass is 9.77. The minimum absolute atomic E-state index is 0.0219. The molecule has 1 aliphatic heterocycles. The summed E-state index contributed by atoms with van der Waals surface area (Å²) >= 11 is 0. The quantitative estimate of drug-likeness (QED) is 0.292. The van der Waals surface area contributed by atoms with Crippen molar-refractivity contribution in [2.45, 2.75) is 39.2 Å². The Morgan fingerprint density at radius 2 is 1.86 bits per heavy atom. The summed E-state index contributed by atoms with van der Waals surface area (Å²) in [5.41, 5.74) is -1.54. The fourth-order valence-electron chi connectivity index (χ4n) is 2.44. The molecule has 0 aromatic rings. The summed E-state index contributed by atoms with van der Waals surface area (Å²) in [5.74, 6) is -1.32. The normalized spacial score (nSPS) is 18.7. The molecule has 6 heteroatoms. The first kappa shape index (κ1) is 17.4. The highest BCUT2D eigenvalue weighted by atomic mass is 16.6. The summed E-state index contributed by atoms with van der Waals surface area (Å²) < 4.78 is 15.7. The largest absolute Gasteiger partial charge is 0.465 e. The molecule has 0 amide bonds. The Kier molecular flexibility index (Phi) is 7.08. The van der Waals surface area contributed by atoms with Crippen molar-refractivity contribution in [3.8, 4) is 0 Å². The first-order valence-corrected chi connectivity index (χ1v) is 7.19. The fraction of sp³-hybridized carbons (Fsp3) is 0.667. The van der Waals surface area contributed by atoms with Crippen molar-refractivity contribution in [2.75, 3.05) is 19.8 Å². The van der Waals surface area contributed by atoms with E-state index in [-0.39, 0.29) is 19.6 Å². The van der Waals surface area contributed by atoms with Gasteiger partial charge in [-0.05, 0) is 39.2 Å². The molecule has 0 bridgehead atoms. The van der Waals surface area contributed by atoms with Crippen LogP contribution in [-0.4, -0.2) is 44.1 Å². The van der Waals surface area contributed by atoms with Crippen LogP contribution in [-0.2, 0) is 28.6 Å². The summed E-state index contributed by atoms with van der Waals surface area (Å²) in [5, 5.41) is 0. The lowest BCUT2D eigenvalue weighted by Gasteiger charge is -2.32. The number of allylic oxidation sites excluding steroid dienone is 2. The Morgan fingerprint density at radius 3 is 2.29 bits per heavy atom. The Labute approximate surface area is 124 Å². The molecular formula is C15H22O6. The van der Waals surface area contributed by atoms with Crippen molar-refractivity contribution < 1.29 is 28.6 Å². The minimum Gasteiger partial charge on any atom is -0.465 e. The predicted molar refractivity (Wildman–Crippen MR) is 74.5 cm³/mol. The van der Waals surface area contributed by atoms with Crippen LogP contribution >= 0.6 is 0 Å². The summed E-state index contributed by atoms with van der Waals surface area (Å²) in [6.45, 7) is 4.14. The molecule has 0 aliphatic carbocycles. The van der Waals surface area contributed by atoms with Crippen molar-refractivity contribution in [2.24, 2.45) is 5.41 Å². The van der Waals surface area contributed by atoms with Gasteiger partial charge >= 0.3 is 11.9 Å². The number of hydrogen-bond acceptors (Lipinski definition) is 6. The third kappa shape index (κ3) is 3.91. The van der Waals surface area contributed by atoms with Crippen molar-refractivity contribution in [1.82, 2.24) is 0 Å². The van der Waals surface area contributed by atoms with E-state index in [1.807, 2.05) is 0 Å². The zero-order chi connectivity index (χ0) is 15.7. The Balaban J connectivity index is 3.16. The van der Waals surface area contributed by atoms with Crippen LogP contribution in [0.5, 0.6) is 0 Å². The third-order valence-electron chi connectivity index (χ3n) is 3.41. The van der Waals surface area contributed by atoms with Gasteiger partial charge in [0.15, 0.2) is 5.41 Å². The highest BCUT2D eigenvalue weighted by Gasteiger charge is 2.55. The van der Waals surface area contributed by atoms with Gasteiger partial charge in [0.1, 0.15) is 6.29 Å². The van der Waals surface area contributed by atoms with E-state index in [9.17, 15) is 14.4 Å². The summed E-state index contributed by atoms with van der Waals surface area (Å²) in [6, 6.07) is 0. The van der Waals surface area contributed by atoms with Crippen molar-refractivity contribution in [3.63, 3.8) is 0 Å². The van der Waals surface area contributed by atoms with E-state index in [2.05, 4.69) is 0 Å². The molecule has 1 aliphatic rings. The van der Waals surface area contributed by atoms with Gasteiger partial charge in [-0.3, -0.25) is 14.4 Å². The second kappa shape index (κ2) is 8.56. The lowest BCUT2D eigenvalue weighted by molar-refractivity contribution is -0.181. The third-order valence-corrected chi connectivity index (χ3v) is 3.41. The Bertz CT molecular complexity index is 377. The molecular weight excluding hydrogens is 276 g/mol. The van der Waals surface area contributed by atoms with Gasteiger partial charge in [0, 0.05) is 6.61 Å². The first-order chi connectivity index (χ1) is 10.1. The molecule has 1 saturated heterocycles. The van der Waals surface area contributed by atoms with E-state index in [1.54, 1.807) is 13.8 Å². The molecule has 118 valence electrons. The van der Waals surface area contributed by atoms with E-state index in [0.717, 1.165) is 6.42 Å². The standard InChI is InChI=1S/C15H22O6/c1-3-19-13(17)15(9-5-6-10-16,14(18)20-4-2)12-8-7-11-21-12/h5-6,10,12H,3-4,7-9,11H2,1-2H3/b6-5+. The summed E-state index contributed by atoms with van der Waals surface area (Å²) in [4.78, 5) is 35.3. The van der Waals surface area contributed by atoms with E-state index < -0.39 is 23.5 Å². The monoisotopic (exact) mass is 298 g/mol. The predicted octanol–water partition coefficient (Wildman–Crippen LogP) is 1.42. The lowest BCUT2D eigenvalue weighted by Crippen LogP contribution is -2.50. The van der Waals surface area contributed by atoms with Crippen LogP contribution in [0.2, 0.25) is 0 Å². The van der Waals surface area contributed by atoms with Crippen molar-refractivity contribution in [3.05, 3.63) is 12.2 Å². The van der Waals surface area contributed by atoms with Gasteiger partial charge < -0.3 is 14.2 Å². The molecule has 0 spiro atoms. The molecule has 0 aromatic carbocycles. The SMILES string of the molecule is CCOC(=O)C(C/C=C/C=O)(C(=O)OCC)C1CCCO1. The average Bonchev–Trinajstić information content (AvgIpc) is 2.98. The average molecular weight is 298 g/mol. The molecule has 0 aromatic heterocycles. The van der Waals surface area contributed by atoms with Gasteiger partial charge in [-0.15, -0.1) is 0 Å². The van der Waals surface area contributed by atoms with E-state index in [4.69, 9.17) is 14.2 Å². The summed E-state index contributed by atoms with van der Waals surface area (Å²) in [7, 11) is 0. The zero-order valence-electron chi connectivity index (χ0n) is 12.5. The van der Waals surface area contributed by atoms with Crippen LogP contribution in [0.1, 0.15) is 33.1 Å². The van der Waals surface area contributed by atoms with Crippen LogP contribution in [0.25, 0.3) is 0 Å². The van der Waals surface area contributed by atoms with Gasteiger partial charge in [0.25, 0.3) is 0 Å². The van der Waals surface area contributed by atoms with Crippen molar-refractivity contribution >= 4 is 18.2 Å². The molecule has 0 saturated carbocycles. The van der Waals surface area contributed by atoms with Crippen molar-refractivity contribution in [1.29, 1.82) is 0 Å². The van der Waals surface area contributed by atoms with Crippen LogP contribution in [0.15, 0.2) is 12.2 Å². The highest BCUT2D eigenvalue weighted by molar-refractivity contribution is 6.01. The smallest absolute Gasteiger partial charge is 0.326 e. The van der Waals surface area contributed by atoms with Gasteiger partial charge in [0.05, 0.1) is 19.3 Å². The van der Waals surface area contributed by atoms with Gasteiger partial charge in [-0.1, -0.05) is 6.08 Å². The molecule has 1 unspecified atom stereocenters. The Hall–Kier alpha value is -1.69. The van der Waals surface area contributed by atoms with Crippen LogP contribution in [0.4, 0.5) is 0 Å².